The molecule has 0 aliphatic carbocycles. The number of aromatic nitrogens is 3. The van der Waals surface area contributed by atoms with Gasteiger partial charge < -0.3 is 14.9 Å². The van der Waals surface area contributed by atoms with E-state index in [1.165, 1.54) is 164 Å². The van der Waals surface area contributed by atoms with E-state index in [0.717, 1.165) is 39.3 Å². The Bertz CT molecular complexity index is 7880. The fourth-order valence-electron chi connectivity index (χ4n) is 17.2. The van der Waals surface area contributed by atoms with Crippen molar-refractivity contribution in [2.24, 2.45) is 0 Å². The number of benzene rings is 19. The van der Waals surface area contributed by atoms with E-state index >= 15 is 0 Å². The van der Waals surface area contributed by atoms with Gasteiger partial charge in [0.25, 0.3) is 0 Å². The van der Waals surface area contributed by atoms with Crippen LogP contribution in [0.4, 0.5) is 22.7 Å². The first-order valence-electron chi connectivity index (χ1n) is 41.6. The molecule has 0 spiro atoms. The van der Waals surface area contributed by atoms with Gasteiger partial charge in [0.15, 0.2) is 0 Å². The third kappa shape index (κ3) is 16.9. The van der Waals surface area contributed by atoms with Crippen molar-refractivity contribution in [2.45, 2.75) is 13.8 Å². The molecular weight excluding hydrogens is 1780 g/mol. The van der Waals surface area contributed by atoms with Gasteiger partial charge in [-0.3, -0.25) is 0 Å². The minimum absolute atomic E-state index is 0. The molecule has 0 aliphatic heterocycles. The van der Waals surface area contributed by atoms with Crippen LogP contribution in [0.25, 0.3) is 154 Å². The molecule has 0 bridgehead atoms. The van der Waals surface area contributed by atoms with E-state index in [9.17, 15) is 0 Å². The standard InChI is InChI=1S/C42H28N2Se.C31H23N.C18H12BrN.C12H7BrSe.C12H11N.CH4/c1-3-11-29(12-4-1)30-19-21-32(22-20-30)43(33-24-26-42-38(27-33)37-16-8-10-18-41(37)45-42)34-23-25-36-35-15-7-9-17-39(35)44(40(36)28-34)31-13-5-2-6-14-31;1-3-9-25(10-4-1)26-18-15-23(16-19-26)21-24-17-20-29-28-13-7-8-14-30(28)32(31(29)22-24)27-11-5-2-6-12-27;19-13-10-11-16-15-8-4-5-9-17(15)20(18(16)12-13)14-6-2-1-3-7-14;13-8-5-6-12-10(7-8)9-3-1-2-4-11(9)14-12;13-12-8-6-11(7-9-12)10-4-2-1-3-5-10;/h1-28H;1-20,22H,21H2;1-12H;1-7H;1-9H,13H2;1H4. The number of nitrogen functional groups attached to an aromatic ring is 1. The van der Waals surface area contributed by atoms with Crippen molar-refractivity contribution in [1.82, 2.24) is 13.7 Å². The Labute approximate surface area is 756 Å². The fourth-order valence-corrected chi connectivity index (χ4v) is 22.4. The Morgan fingerprint density at radius 3 is 0.984 bits per heavy atom. The third-order valence-electron chi connectivity index (χ3n) is 23.0. The summed E-state index contributed by atoms with van der Waals surface area (Å²) in [5.41, 5.74) is 30.8. The number of nitrogens with two attached hydrogens (primary N) is 1. The maximum atomic E-state index is 5.60. The monoisotopic (exact) mass is 1870 g/mol. The number of hydrogen-bond donors (Lipinski definition) is 1. The zero-order chi connectivity index (χ0) is 83.2. The van der Waals surface area contributed by atoms with Crippen molar-refractivity contribution < 1.29 is 0 Å². The Hall–Kier alpha value is -13.8. The van der Waals surface area contributed by atoms with E-state index in [2.05, 4.69) is 469 Å². The van der Waals surface area contributed by atoms with Crippen molar-refractivity contribution in [3.8, 4) is 50.4 Å². The molecule has 5 heterocycles. The molecule has 0 saturated heterocycles. The van der Waals surface area contributed by atoms with Crippen LogP contribution in [0, 0.1) is 0 Å². The molecule has 9 heteroatoms. The number of halogens is 2. The van der Waals surface area contributed by atoms with Crippen molar-refractivity contribution in [3.05, 3.63) is 487 Å². The molecule has 0 aliphatic rings. The molecule has 24 rings (SSSR count). The van der Waals surface area contributed by atoms with Gasteiger partial charge in [-0.1, -0.05) is 224 Å². The van der Waals surface area contributed by atoms with Crippen LogP contribution in [0.15, 0.2) is 476 Å². The quantitative estimate of drug-likeness (QED) is 0.104. The Morgan fingerprint density at radius 2 is 0.512 bits per heavy atom. The van der Waals surface area contributed by atoms with Crippen LogP contribution in [0.1, 0.15) is 18.6 Å². The first kappa shape index (κ1) is 80.9. The van der Waals surface area contributed by atoms with Gasteiger partial charge >= 0.3 is 353 Å². The average molecular weight is 1870 g/mol. The fraction of sp³-hybridized carbons (Fsp3) is 0.0172. The van der Waals surface area contributed by atoms with Gasteiger partial charge in [0.1, 0.15) is 0 Å². The topological polar surface area (TPSA) is 44.0 Å². The number of hydrogen-bond acceptors (Lipinski definition) is 2. The van der Waals surface area contributed by atoms with Crippen LogP contribution in [0.5, 0.6) is 0 Å². The summed E-state index contributed by atoms with van der Waals surface area (Å²) in [6, 6.07) is 167. The number of fused-ring (bicyclic) bond motifs is 15. The molecule has 0 atom stereocenters. The summed E-state index contributed by atoms with van der Waals surface area (Å²) in [7, 11) is 0. The van der Waals surface area contributed by atoms with Crippen LogP contribution >= 0.6 is 31.9 Å². The zero-order valence-corrected chi connectivity index (χ0v) is 74.2. The average Bonchev–Trinajstić information content (AvgIpc) is 1.61. The maximum absolute atomic E-state index is 5.60. The van der Waals surface area contributed by atoms with Crippen LogP contribution in [-0.2, 0) is 6.42 Å². The molecule has 19 aromatic carbocycles. The molecule has 125 heavy (non-hydrogen) atoms. The van der Waals surface area contributed by atoms with E-state index in [1.807, 2.05) is 48.5 Å². The van der Waals surface area contributed by atoms with E-state index in [4.69, 9.17) is 5.73 Å². The van der Waals surface area contributed by atoms with Crippen LogP contribution in [0.3, 0.4) is 0 Å². The van der Waals surface area contributed by atoms with Gasteiger partial charge in [0.05, 0.1) is 22.1 Å². The first-order valence-corrected chi connectivity index (χ1v) is 46.6. The van der Waals surface area contributed by atoms with E-state index in [1.54, 1.807) is 0 Å². The summed E-state index contributed by atoms with van der Waals surface area (Å²) in [6.07, 6.45) is 0.918. The van der Waals surface area contributed by atoms with Crippen molar-refractivity contribution in [1.29, 1.82) is 0 Å². The van der Waals surface area contributed by atoms with Gasteiger partial charge in [-0.25, -0.2) is 0 Å². The van der Waals surface area contributed by atoms with Crippen molar-refractivity contribution in [3.63, 3.8) is 0 Å². The molecule has 0 fully saturated rings. The summed E-state index contributed by atoms with van der Waals surface area (Å²) >= 11 is 7.95. The molecular formula is C116H85Br2N5Se2. The van der Waals surface area contributed by atoms with Gasteiger partial charge in [0.2, 0.25) is 0 Å². The van der Waals surface area contributed by atoms with Gasteiger partial charge in [-0.05, 0) is 107 Å². The van der Waals surface area contributed by atoms with E-state index in [0.29, 0.717) is 29.0 Å². The third-order valence-corrected chi connectivity index (χ3v) is 28.8. The second kappa shape index (κ2) is 36.7. The molecule has 2 N–H and O–H groups in total. The Kier molecular flexibility index (Phi) is 23.7. The summed E-state index contributed by atoms with van der Waals surface area (Å²) in [6.45, 7) is 0. The molecule has 0 unspecified atom stereocenters. The molecule has 600 valence electrons. The molecule has 5 aromatic heterocycles. The molecule has 0 radical (unpaired) electrons. The molecule has 5 nitrogen and oxygen atoms in total. The van der Waals surface area contributed by atoms with Crippen LogP contribution in [-0.4, -0.2) is 42.7 Å². The number of anilines is 4. The van der Waals surface area contributed by atoms with Crippen molar-refractivity contribution in [2.75, 3.05) is 10.6 Å². The van der Waals surface area contributed by atoms with Gasteiger partial charge in [0, 0.05) is 43.1 Å². The number of para-hydroxylation sites is 6. The summed E-state index contributed by atoms with van der Waals surface area (Å²) < 4.78 is 15.3. The summed E-state index contributed by atoms with van der Waals surface area (Å²) in [4.78, 5) is 2.41. The normalized spacial score (nSPS) is 11.1. The predicted molar refractivity (Wildman–Crippen MR) is 546 cm³/mol. The SMILES string of the molecule is Brc1ccc2[se]c3ccccc3c2c1.Brc1ccc2c3ccccc3n(-c3ccccc3)c2c1.C.Nc1ccc(-c2ccccc2)cc1.c1ccc(-c2ccc(Cc3ccc4c5ccccc5n(-c5ccccc5)c4c3)cc2)cc1.c1ccc(-c2ccc(N(c3ccc4[se]c5ccccc5c4c3)c3ccc4c5ccccc5n(-c5ccccc5)c4c3)cc2)cc1. The molecule has 0 amide bonds. The van der Waals surface area contributed by atoms with Crippen LogP contribution < -0.4 is 10.6 Å². The van der Waals surface area contributed by atoms with Crippen molar-refractivity contribution >= 4 is 188 Å². The number of nitrogens with zero attached hydrogens (tertiary/aromatic N) is 4. The van der Waals surface area contributed by atoms with E-state index < -0.39 is 0 Å². The first-order chi connectivity index (χ1) is 61.2. The molecule has 0 saturated carbocycles. The van der Waals surface area contributed by atoms with Gasteiger partial charge in [-0.15, -0.1) is 0 Å². The predicted octanol–water partition coefficient (Wildman–Crippen LogP) is 32.3. The van der Waals surface area contributed by atoms with Crippen LogP contribution in [0.2, 0.25) is 0 Å². The Balaban J connectivity index is 0.000000111. The zero-order valence-electron chi connectivity index (χ0n) is 67.6. The van der Waals surface area contributed by atoms with Gasteiger partial charge in [-0.2, -0.15) is 0 Å². The minimum atomic E-state index is 0. The Morgan fingerprint density at radius 1 is 0.216 bits per heavy atom. The number of rotatable bonds is 11. The van der Waals surface area contributed by atoms with E-state index in [-0.39, 0.29) is 7.43 Å². The second-order valence-corrected chi connectivity index (χ2v) is 37.2. The molecule has 24 aromatic rings. The second-order valence-electron chi connectivity index (χ2n) is 30.8. The summed E-state index contributed by atoms with van der Waals surface area (Å²) in [5, 5.41) is 13.2. The summed E-state index contributed by atoms with van der Waals surface area (Å²) in [5.74, 6) is 0.